The van der Waals surface area contributed by atoms with Gasteiger partial charge in [0.2, 0.25) is 0 Å². The molecule has 126 valence electrons. The Morgan fingerprint density at radius 2 is 2.04 bits per heavy atom. The van der Waals surface area contributed by atoms with Crippen LogP contribution >= 0.6 is 11.6 Å². The molecular weight excluding hydrogens is 323 g/mol. The molecule has 0 aromatic heterocycles. The Morgan fingerprint density at radius 3 is 2.83 bits per heavy atom. The number of anilines is 1. The number of likely N-dealkylation sites (N-methyl/N-ethyl adjacent to an activating group) is 1. The SMILES string of the molecule is CN1CCC2c3cc(Cl)ccc3NC2C1CC(F)c1ccccc1. The molecule has 2 nitrogen and oxygen atoms in total. The van der Waals surface area contributed by atoms with Crippen molar-refractivity contribution in [1.82, 2.24) is 4.90 Å². The molecule has 0 amide bonds. The first-order chi connectivity index (χ1) is 11.6. The van der Waals surface area contributed by atoms with Crippen molar-refractivity contribution in [2.24, 2.45) is 0 Å². The minimum Gasteiger partial charge on any atom is -0.380 e. The summed E-state index contributed by atoms with van der Waals surface area (Å²) in [5.41, 5.74) is 3.22. The highest BCUT2D eigenvalue weighted by atomic mass is 35.5. The highest BCUT2D eigenvalue weighted by Gasteiger charge is 2.43. The van der Waals surface area contributed by atoms with Crippen molar-refractivity contribution in [3.8, 4) is 0 Å². The minimum atomic E-state index is -0.938. The number of halogens is 2. The largest absolute Gasteiger partial charge is 0.380 e. The number of piperidine rings is 1. The van der Waals surface area contributed by atoms with E-state index in [0.717, 1.165) is 29.2 Å². The molecule has 1 N–H and O–H groups in total. The molecule has 2 heterocycles. The summed E-state index contributed by atoms with van der Waals surface area (Å²) in [6, 6.07) is 16.0. The first-order valence-electron chi connectivity index (χ1n) is 8.58. The fourth-order valence-electron chi connectivity index (χ4n) is 4.26. The summed E-state index contributed by atoms with van der Waals surface area (Å²) >= 11 is 6.19. The van der Waals surface area contributed by atoms with Crippen LogP contribution < -0.4 is 5.32 Å². The Kier molecular flexibility index (Phi) is 4.23. The number of likely N-dealkylation sites (tertiary alicyclic amines) is 1. The van der Waals surface area contributed by atoms with E-state index in [2.05, 4.69) is 29.4 Å². The van der Waals surface area contributed by atoms with Crippen LogP contribution in [-0.2, 0) is 0 Å². The van der Waals surface area contributed by atoms with Crippen LogP contribution in [0.2, 0.25) is 5.02 Å². The van der Waals surface area contributed by atoms with E-state index in [1.807, 2.05) is 36.4 Å². The van der Waals surface area contributed by atoms with Gasteiger partial charge in [-0.15, -0.1) is 0 Å². The summed E-state index contributed by atoms with van der Waals surface area (Å²) < 4.78 is 14.9. The summed E-state index contributed by atoms with van der Waals surface area (Å²) in [4.78, 5) is 2.30. The molecule has 2 aliphatic heterocycles. The molecule has 4 unspecified atom stereocenters. The van der Waals surface area contributed by atoms with Crippen molar-refractivity contribution >= 4 is 17.3 Å². The molecule has 24 heavy (non-hydrogen) atoms. The standard InChI is InChI=1S/C20H22ClFN2/c1-24-10-9-15-16-11-14(21)7-8-18(16)23-20(15)19(24)12-17(22)13-5-3-2-4-6-13/h2-8,11,15,17,19-20,23H,9-10,12H2,1H3. The topological polar surface area (TPSA) is 15.3 Å². The minimum absolute atomic E-state index is 0.171. The maximum Gasteiger partial charge on any atom is 0.127 e. The monoisotopic (exact) mass is 344 g/mol. The number of benzene rings is 2. The number of nitrogens with zero attached hydrogens (tertiary/aromatic N) is 1. The van der Waals surface area contributed by atoms with E-state index in [0.29, 0.717) is 12.3 Å². The van der Waals surface area contributed by atoms with Crippen LogP contribution in [0.15, 0.2) is 48.5 Å². The Labute approximate surface area is 147 Å². The zero-order valence-electron chi connectivity index (χ0n) is 13.8. The van der Waals surface area contributed by atoms with Crippen LogP contribution in [0.1, 0.15) is 36.1 Å². The van der Waals surface area contributed by atoms with Crippen molar-refractivity contribution < 1.29 is 4.39 Å². The number of hydrogen-bond acceptors (Lipinski definition) is 2. The van der Waals surface area contributed by atoms with Crippen molar-refractivity contribution in [1.29, 1.82) is 0 Å². The van der Waals surface area contributed by atoms with E-state index < -0.39 is 6.17 Å². The average Bonchev–Trinajstić information content (AvgIpc) is 2.96. The van der Waals surface area contributed by atoms with Gasteiger partial charge in [0.25, 0.3) is 0 Å². The second kappa shape index (κ2) is 6.38. The van der Waals surface area contributed by atoms with E-state index in [1.165, 1.54) is 5.56 Å². The zero-order chi connectivity index (χ0) is 16.7. The predicted octanol–water partition coefficient (Wildman–Crippen LogP) is 5.02. The highest BCUT2D eigenvalue weighted by molar-refractivity contribution is 6.30. The molecule has 0 bridgehead atoms. The van der Waals surface area contributed by atoms with Crippen LogP contribution in [0.25, 0.3) is 0 Å². The number of hydrogen-bond donors (Lipinski definition) is 1. The summed E-state index contributed by atoms with van der Waals surface area (Å²) in [7, 11) is 2.11. The summed E-state index contributed by atoms with van der Waals surface area (Å²) in [5, 5.41) is 4.41. The summed E-state index contributed by atoms with van der Waals surface area (Å²) in [6.07, 6.45) is 0.656. The molecule has 0 spiro atoms. The van der Waals surface area contributed by atoms with Gasteiger partial charge in [0.05, 0.1) is 0 Å². The van der Waals surface area contributed by atoms with Gasteiger partial charge in [-0.3, -0.25) is 0 Å². The Hall–Kier alpha value is -1.58. The zero-order valence-corrected chi connectivity index (χ0v) is 14.5. The van der Waals surface area contributed by atoms with E-state index in [4.69, 9.17) is 11.6 Å². The number of rotatable bonds is 3. The number of fused-ring (bicyclic) bond motifs is 3. The third kappa shape index (κ3) is 2.80. The second-order valence-corrected chi connectivity index (χ2v) is 7.40. The summed E-state index contributed by atoms with van der Waals surface area (Å²) in [5.74, 6) is 0.419. The Morgan fingerprint density at radius 1 is 1.25 bits per heavy atom. The van der Waals surface area contributed by atoms with Gasteiger partial charge in [-0.25, -0.2) is 4.39 Å². The molecule has 4 atom stereocenters. The van der Waals surface area contributed by atoms with Crippen LogP contribution in [0.5, 0.6) is 0 Å². The predicted molar refractivity (Wildman–Crippen MR) is 97.5 cm³/mol. The third-order valence-corrected chi connectivity index (χ3v) is 5.79. The molecule has 0 radical (unpaired) electrons. The summed E-state index contributed by atoms with van der Waals surface area (Å²) in [6.45, 7) is 0.987. The molecule has 0 saturated carbocycles. The maximum atomic E-state index is 14.9. The van der Waals surface area contributed by atoms with Crippen molar-refractivity contribution in [2.45, 2.75) is 37.0 Å². The quantitative estimate of drug-likeness (QED) is 0.840. The highest BCUT2D eigenvalue weighted by Crippen LogP contribution is 2.45. The van der Waals surface area contributed by atoms with Crippen molar-refractivity contribution in [3.05, 3.63) is 64.7 Å². The number of alkyl halides is 1. The van der Waals surface area contributed by atoms with Gasteiger partial charge in [-0.2, -0.15) is 0 Å². The normalized spacial score (nSPS) is 27.2. The van der Waals surface area contributed by atoms with Crippen molar-refractivity contribution in [2.75, 3.05) is 18.9 Å². The van der Waals surface area contributed by atoms with E-state index in [-0.39, 0.29) is 12.1 Å². The Balaban J connectivity index is 1.57. The average molecular weight is 345 g/mol. The molecule has 1 saturated heterocycles. The van der Waals surface area contributed by atoms with Gasteiger partial charge < -0.3 is 10.2 Å². The van der Waals surface area contributed by atoms with Gasteiger partial charge in [0, 0.05) is 35.1 Å². The van der Waals surface area contributed by atoms with Gasteiger partial charge in [-0.05, 0) is 49.3 Å². The lowest BCUT2D eigenvalue weighted by atomic mass is 9.81. The molecule has 2 aromatic rings. The number of nitrogens with one attached hydrogen (secondary N) is 1. The van der Waals surface area contributed by atoms with E-state index >= 15 is 0 Å². The first kappa shape index (κ1) is 15.9. The van der Waals surface area contributed by atoms with Crippen LogP contribution in [0.3, 0.4) is 0 Å². The third-order valence-electron chi connectivity index (χ3n) is 5.55. The van der Waals surface area contributed by atoms with Crippen LogP contribution in [0, 0.1) is 0 Å². The fourth-order valence-corrected chi connectivity index (χ4v) is 4.44. The lowest BCUT2D eigenvalue weighted by molar-refractivity contribution is 0.121. The molecule has 4 rings (SSSR count). The first-order valence-corrected chi connectivity index (χ1v) is 8.96. The van der Waals surface area contributed by atoms with E-state index in [9.17, 15) is 4.39 Å². The maximum absolute atomic E-state index is 14.9. The van der Waals surface area contributed by atoms with Crippen LogP contribution in [-0.4, -0.2) is 30.6 Å². The van der Waals surface area contributed by atoms with E-state index in [1.54, 1.807) is 0 Å². The Bertz CT molecular complexity index is 721. The van der Waals surface area contributed by atoms with Gasteiger partial charge in [0.1, 0.15) is 6.17 Å². The van der Waals surface area contributed by atoms with Gasteiger partial charge >= 0.3 is 0 Å². The van der Waals surface area contributed by atoms with Gasteiger partial charge in [-0.1, -0.05) is 41.9 Å². The lowest BCUT2D eigenvalue weighted by Gasteiger charge is -2.41. The van der Waals surface area contributed by atoms with Crippen LogP contribution in [0.4, 0.5) is 10.1 Å². The molecule has 0 aliphatic carbocycles. The molecular formula is C20H22ClFN2. The van der Waals surface area contributed by atoms with Gasteiger partial charge in [0.15, 0.2) is 0 Å². The lowest BCUT2D eigenvalue weighted by Crippen LogP contribution is -2.51. The molecule has 1 fully saturated rings. The smallest absolute Gasteiger partial charge is 0.127 e. The second-order valence-electron chi connectivity index (χ2n) is 6.96. The molecule has 2 aliphatic rings. The van der Waals surface area contributed by atoms with Crippen molar-refractivity contribution in [3.63, 3.8) is 0 Å². The molecule has 2 aromatic carbocycles. The fraction of sp³-hybridized carbons (Fsp3) is 0.400. The molecule has 4 heteroatoms.